The fourth-order valence-electron chi connectivity index (χ4n) is 4.37. The zero-order valence-corrected chi connectivity index (χ0v) is 20.4. The Hall–Kier alpha value is -2.74. The minimum absolute atomic E-state index is 0.0356. The number of fused-ring (bicyclic) bond motifs is 1. The van der Waals surface area contributed by atoms with E-state index in [4.69, 9.17) is 4.52 Å². The maximum Gasteiger partial charge on any atom is 0.251 e. The molecule has 0 aliphatic carbocycles. The summed E-state index contributed by atoms with van der Waals surface area (Å²) in [6.07, 6.45) is 5.69. The summed E-state index contributed by atoms with van der Waals surface area (Å²) in [7, 11) is 0. The average Bonchev–Trinajstić information content (AvgIpc) is 3.17. The minimum Gasteiger partial charge on any atom is -0.345 e. The molecule has 1 N–H and O–H groups in total. The third kappa shape index (κ3) is 7.39. The van der Waals surface area contributed by atoms with Crippen LogP contribution in [0.4, 0.5) is 5.69 Å². The van der Waals surface area contributed by atoms with Crippen molar-refractivity contribution in [1.82, 2.24) is 20.4 Å². The van der Waals surface area contributed by atoms with E-state index >= 15 is 0 Å². The molecule has 1 aliphatic rings. The number of rotatable bonds is 5. The van der Waals surface area contributed by atoms with E-state index in [1.165, 1.54) is 19.3 Å². The van der Waals surface area contributed by atoms with Crippen LogP contribution in [0.25, 0.3) is 0 Å². The average molecular weight is 456 g/mol. The largest absolute Gasteiger partial charge is 0.345 e. The molecule has 0 radical (unpaired) electrons. The topological polar surface area (TPSA) is 91.6 Å². The summed E-state index contributed by atoms with van der Waals surface area (Å²) in [6, 6.07) is 5.65. The molecular weight excluding hydrogens is 418 g/mol. The summed E-state index contributed by atoms with van der Waals surface area (Å²) in [5.41, 5.74) is 2.48. The Morgan fingerprint density at radius 2 is 1.85 bits per heavy atom. The Morgan fingerprint density at radius 3 is 2.52 bits per heavy atom. The number of anilines is 1. The van der Waals surface area contributed by atoms with Gasteiger partial charge in [0.15, 0.2) is 5.82 Å². The van der Waals surface area contributed by atoms with E-state index in [9.17, 15) is 9.59 Å². The highest BCUT2D eigenvalue weighted by atomic mass is 16.5. The number of carbonyl (C=O) groups excluding carboxylic acids is 2. The number of benzene rings is 1. The summed E-state index contributed by atoms with van der Waals surface area (Å²) in [5.74, 6) is 1.28. The van der Waals surface area contributed by atoms with Crippen LogP contribution in [0.2, 0.25) is 0 Å². The first-order chi connectivity index (χ1) is 15.8. The zero-order valence-electron chi connectivity index (χ0n) is 20.4. The van der Waals surface area contributed by atoms with Crippen LogP contribution >= 0.6 is 0 Å². The van der Waals surface area contributed by atoms with Gasteiger partial charge in [-0.05, 0) is 49.1 Å². The molecule has 2 heterocycles. The van der Waals surface area contributed by atoms with E-state index in [1.807, 2.05) is 17.0 Å². The van der Waals surface area contributed by atoms with Crippen LogP contribution in [-0.2, 0) is 17.9 Å². The normalized spacial score (nSPS) is 16.1. The van der Waals surface area contributed by atoms with E-state index in [-0.39, 0.29) is 18.4 Å². The molecular formula is C25H37N5O3. The maximum atomic E-state index is 12.9. The predicted molar refractivity (Wildman–Crippen MR) is 128 cm³/mol. The molecule has 0 saturated carbocycles. The molecule has 180 valence electrons. The molecule has 0 unspecified atom stereocenters. The molecule has 0 saturated heterocycles. The van der Waals surface area contributed by atoms with Gasteiger partial charge in [0.1, 0.15) is 0 Å². The van der Waals surface area contributed by atoms with Gasteiger partial charge in [0, 0.05) is 44.7 Å². The summed E-state index contributed by atoms with van der Waals surface area (Å²) in [4.78, 5) is 33.8. The van der Waals surface area contributed by atoms with Gasteiger partial charge < -0.3 is 14.7 Å². The molecule has 33 heavy (non-hydrogen) atoms. The number of hydrogen-bond donors (Lipinski definition) is 1. The lowest BCUT2D eigenvalue weighted by Crippen LogP contribution is -2.34. The molecule has 0 spiro atoms. The molecule has 1 aromatic heterocycles. The molecule has 0 fully saturated rings. The van der Waals surface area contributed by atoms with E-state index in [2.05, 4.69) is 34.2 Å². The van der Waals surface area contributed by atoms with Gasteiger partial charge in [0.2, 0.25) is 11.8 Å². The van der Waals surface area contributed by atoms with Gasteiger partial charge in [-0.1, -0.05) is 38.3 Å². The number of carbonyl (C=O) groups is 2. The van der Waals surface area contributed by atoms with Gasteiger partial charge in [-0.25, -0.2) is 0 Å². The summed E-state index contributed by atoms with van der Waals surface area (Å²) < 4.78 is 4.97. The molecule has 1 aliphatic heterocycles. The second-order valence-electron chi connectivity index (χ2n) is 9.32. The quantitative estimate of drug-likeness (QED) is 0.730. The van der Waals surface area contributed by atoms with Crippen molar-refractivity contribution in [3.8, 4) is 0 Å². The Bertz CT molecular complexity index is 940. The third-order valence-electron chi connectivity index (χ3n) is 5.86. The molecule has 2 aromatic rings. The van der Waals surface area contributed by atoms with Crippen molar-refractivity contribution in [3.05, 3.63) is 41.0 Å². The highest BCUT2D eigenvalue weighted by molar-refractivity contribution is 5.97. The molecule has 0 bridgehead atoms. The van der Waals surface area contributed by atoms with Crippen molar-refractivity contribution in [2.45, 2.75) is 72.9 Å². The lowest BCUT2D eigenvalue weighted by Gasteiger charge is -2.30. The SMILES string of the molecule is CC(=O)N1CCCCCCCN(CC(C)C)Cc2cc(C(=O)NCc3noc(C)n3)ccc21. The Balaban J connectivity index is 1.88. The highest BCUT2D eigenvalue weighted by Crippen LogP contribution is 2.26. The Morgan fingerprint density at radius 1 is 1.12 bits per heavy atom. The van der Waals surface area contributed by atoms with Crippen LogP contribution in [0, 0.1) is 12.8 Å². The van der Waals surface area contributed by atoms with E-state index in [0.717, 1.165) is 37.2 Å². The van der Waals surface area contributed by atoms with E-state index in [0.29, 0.717) is 36.3 Å². The van der Waals surface area contributed by atoms with Crippen LogP contribution in [-0.4, -0.2) is 46.5 Å². The van der Waals surface area contributed by atoms with Crippen LogP contribution in [0.5, 0.6) is 0 Å². The summed E-state index contributed by atoms with van der Waals surface area (Å²) in [6.45, 7) is 11.4. The van der Waals surface area contributed by atoms with Crippen molar-refractivity contribution in [2.75, 3.05) is 24.5 Å². The van der Waals surface area contributed by atoms with Crippen LogP contribution in [0.3, 0.4) is 0 Å². The molecule has 0 atom stereocenters. The van der Waals surface area contributed by atoms with Gasteiger partial charge in [0.05, 0.1) is 6.54 Å². The molecule has 8 nitrogen and oxygen atoms in total. The smallest absolute Gasteiger partial charge is 0.251 e. The monoisotopic (exact) mass is 455 g/mol. The standard InChI is InChI=1S/C25H37N5O3/c1-18(2)16-29-12-8-6-5-7-9-13-30(20(4)31)23-11-10-21(14-22(23)17-29)25(32)26-15-24-27-19(3)33-28-24/h10-11,14,18H,5-9,12-13,15-17H2,1-4H3,(H,26,32). The van der Waals surface area contributed by atoms with Gasteiger partial charge in [0.25, 0.3) is 5.91 Å². The van der Waals surface area contributed by atoms with Crippen LogP contribution in [0.1, 0.15) is 80.5 Å². The van der Waals surface area contributed by atoms with Gasteiger partial charge in [-0.3, -0.25) is 14.5 Å². The number of aromatic nitrogens is 2. The molecule has 3 rings (SSSR count). The lowest BCUT2D eigenvalue weighted by molar-refractivity contribution is -0.116. The summed E-state index contributed by atoms with van der Waals surface area (Å²) in [5, 5.41) is 6.69. The fraction of sp³-hybridized carbons (Fsp3) is 0.600. The number of aryl methyl sites for hydroxylation is 1. The molecule has 8 heteroatoms. The maximum absolute atomic E-state index is 12.9. The van der Waals surface area contributed by atoms with Crippen molar-refractivity contribution in [3.63, 3.8) is 0 Å². The number of nitrogens with one attached hydrogen (secondary N) is 1. The van der Waals surface area contributed by atoms with Crippen molar-refractivity contribution < 1.29 is 14.1 Å². The predicted octanol–water partition coefficient (Wildman–Crippen LogP) is 4.08. The number of nitrogens with zero attached hydrogens (tertiary/aromatic N) is 4. The Kier molecular flexibility index (Phi) is 9.00. The lowest BCUT2D eigenvalue weighted by atomic mass is 10.0. The van der Waals surface area contributed by atoms with Gasteiger partial charge >= 0.3 is 0 Å². The van der Waals surface area contributed by atoms with Gasteiger partial charge in [-0.2, -0.15) is 4.98 Å². The fourth-order valence-corrected chi connectivity index (χ4v) is 4.37. The first-order valence-corrected chi connectivity index (χ1v) is 12.0. The third-order valence-corrected chi connectivity index (χ3v) is 5.86. The second kappa shape index (κ2) is 11.9. The summed E-state index contributed by atoms with van der Waals surface area (Å²) >= 11 is 0. The van der Waals surface area contributed by atoms with Crippen molar-refractivity contribution >= 4 is 17.5 Å². The zero-order chi connectivity index (χ0) is 23.8. The van der Waals surface area contributed by atoms with E-state index < -0.39 is 0 Å². The second-order valence-corrected chi connectivity index (χ2v) is 9.32. The molecule has 2 amide bonds. The number of hydrogen-bond acceptors (Lipinski definition) is 6. The molecule has 1 aromatic carbocycles. The number of amides is 2. The first-order valence-electron chi connectivity index (χ1n) is 12.0. The highest BCUT2D eigenvalue weighted by Gasteiger charge is 2.20. The minimum atomic E-state index is -0.198. The van der Waals surface area contributed by atoms with Crippen molar-refractivity contribution in [1.29, 1.82) is 0 Å². The van der Waals surface area contributed by atoms with Crippen LogP contribution < -0.4 is 10.2 Å². The first kappa shape index (κ1) is 24.9. The van der Waals surface area contributed by atoms with Gasteiger partial charge in [-0.15, -0.1) is 0 Å². The Labute approximate surface area is 196 Å². The van der Waals surface area contributed by atoms with E-state index in [1.54, 1.807) is 19.9 Å². The van der Waals surface area contributed by atoms with Crippen molar-refractivity contribution in [2.24, 2.45) is 5.92 Å². The van der Waals surface area contributed by atoms with Crippen LogP contribution in [0.15, 0.2) is 22.7 Å².